The van der Waals surface area contributed by atoms with Crippen LogP contribution in [0, 0.1) is 4.84 Å². The molecule has 2 aromatic heterocycles. The Morgan fingerprint density at radius 1 is 1.69 bits per heavy atom. The summed E-state index contributed by atoms with van der Waals surface area (Å²) in [6, 6.07) is 1.65. The van der Waals surface area contributed by atoms with Gasteiger partial charge >= 0.3 is 0 Å². The van der Waals surface area contributed by atoms with Crippen LogP contribution >= 0.6 is 23.8 Å². The quantitative estimate of drug-likeness (QED) is 0.739. The molecule has 0 atom stereocenters. The third kappa shape index (κ3) is 1.50. The van der Waals surface area contributed by atoms with Crippen LogP contribution in [0.4, 0.5) is 0 Å². The number of nitrogens with zero attached hydrogens (tertiary/aromatic N) is 3. The van der Waals surface area contributed by atoms with E-state index in [2.05, 4.69) is 15.3 Å². The monoisotopic (exact) mass is 216 g/mol. The van der Waals surface area contributed by atoms with E-state index >= 15 is 0 Å². The lowest BCUT2D eigenvalue weighted by Crippen LogP contribution is -1.93. The van der Waals surface area contributed by atoms with Gasteiger partial charge in [0, 0.05) is 13.1 Å². The van der Waals surface area contributed by atoms with Crippen LogP contribution in [0.2, 0.25) is 5.15 Å². The zero-order chi connectivity index (χ0) is 9.42. The molecule has 0 bridgehead atoms. The van der Waals surface area contributed by atoms with Crippen LogP contribution in [-0.2, 0) is 7.05 Å². The van der Waals surface area contributed by atoms with Crippen molar-refractivity contribution in [1.82, 2.24) is 20.0 Å². The SMILES string of the molecule is Cn1nc(Cl)cc1-c1n[nH]c(=S)o1. The maximum absolute atomic E-state index is 5.68. The van der Waals surface area contributed by atoms with Crippen molar-refractivity contribution in [2.45, 2.75) is 0 Å². The van der Waals surface area contributed by atoms with E-state index in [0.29, 0.717) is 16.7 Å². The van der Waals surface area contributed by atoms with Crippen molar-refractivity contribution in [2.24, 2.45) is 7.05 Å². The summed E-state index contributed by atoms with van der Waals surface area (Å²) in [4.78, 5) is 0.229. The molecule has 68 valence electrons. The highest BCUT2D eigenvalue weighted by Crippen LogP contribution is 2.19. The normalized spacial score (nSPS) is 10.6. The molecule has 0 aliphatic heterocycles. The Kier molecular flexibility index (Phi) is 1.93. The third-order valence-electron chi connectivity index (χ3n) is 1.51. The van der Waals surface area contributed by atoms with Gasteiger partial charge in [-0.3, -0.25) is 4.68 Å². The second kappa shape index (κ2) is 2.97. The molecule has 0 aliphatic carbocycles. The third-order valence-corrected chi connectivity index (χ3v) is 1.87. The van der Waals surface area contributed by atoms with Gasteiger partial charge in [-0.2, -0.15) is 5.10 Å². The van der Waals surface area contributed by atoms with Gasteiger partial charge in [0.05, 0.1) is 0 Å². The first-order chi connectivity index (χ1) is 6.16. The first-order valence-electron chi connectivity index (χ1n) is 3.42. The van der Waals surface area contributed by atoms with Gasteiger partial charge in [0.2, 0.25) is 0 Å². The molecule has 2 rings (SSSR count). The van der Waals surface area contributed by atoms with E-state index in [9.17, 15) is 0 Å². The number of aromatic amines is 1. The molecular weight excluding hydrogens is 212 g/mol. The molecule has 0 unspecified atom stereocenters. The molecule has 0 amide bonds. The predicted octanol–water partition coefficient (Wildman–Crippen LogP) is 1.79. The molecule has 2 aromatic rings. The number of aromatic nitrogens is 4. The second-order valence-corrected chi connectivity index (χ2v) is 3.15. The van der Waals surface area contributed by atoms with E-state index in [4.69, 9.17) is 28.2 Å². The Morgan fingerprint density at radius 3 is 2.92 bits per heavy atom. The lowest BCUT2D eigenvalue weighted by atomic mass is 10.4. The summed E-state index contributed by atoms with van der Waals surface area (Å²) in [5.74, 6) is 0.381. The zero-order valence-electron chi connectivity index (χ0n) is 6.61. The van der Waals surface area contributed by atoms with E-state index in [0.717, 1.165) is 0 Å². The van der Waals surface area contributed by atoms with Crippen molar-refractivity contribution in [1.29, 1.82) is 0 Å². The Balaban J connectivity index is 2.57. The highest BCUT2D eigenvalue weighted by molar-refractivity contribution is 7.71. The number of rotatable bonds is 1. The highest BCUT2D eigenvalue weighted by Gasteiger charge is 2.10. The molecule has 0 fully saturated rings. The Bertz CT molecular complexity index is 485. The molecule has 0 saturated heterocycles. The second-order valence-electron chi connectivity index (χ2n) is 2.39. The van der Waals surface area contributed by atoms with E-state index in [1.54, 1.807) is 17.8 Å². The summed E-state index contributed by atoms with van der Waals surface area (Å²) < 4.78 is 6.66. The predicted molar refractivity (Wildman–Crippen MR) is 48.9 cm³/mol. The molecule has 0 aromatic carbocycles. The largest absolute Gasteiger partial charge is 0.408 e. The molecule has 7 heteroatoms. The minimum absolute atomic E-state index is 0.229. The molecule has 0 spiro atoms. The first kappa shape index (κ1) is 8.46. The molecule has 1 N–H and O–H groups in total. The Labute approximate surface area is 83.3 Å². The van der Waals surface area contributed by atoms with Crippen molar-refractivity contribution in [3.8, 4) is 11.6 Å². The molecule has 13 heavy (non-hydrogen) atoms. The van der Waals surface area contributed by atoms with Crippen molar-refractivity contribution in [3.05, 3.63) is 16.1 Å². The lowest BCUT2D eigenvalue weighted by Gasteiger charge is -1.92. The van der Waals surface area contributed by atoms with Gasteiger partial charge in [-0.05, 0) is 12.2 Å². The van der Waals surface area contributed by atoms with Gasteiger partial charge in [0.25, 0.3) is 10.7 Å². The number of H-pyrrole nitrogens is 1. The Hall–Kier alpha value is -1.14. The van der Waals surface area contributed by atoms with E-state index < -0.39 is 0 Å². The Morgan fingerprint density at radius 2 is 2.46 bits per heavy atom. The summed E-state index contributed by atoms with van der Waals surface area (Å²) >= 11 is 10.4. The van der Waals surface area contributed by atoms with Crippen molar-refractivity contribution >= 4 is 23.8 Å². The summed E-state index contributed by atoms with van der Waals surface area (Å²) in [6.45, 7) is 0. The van der Waals surface area contributed by atoms with Crippen LogP contribution in [0.25, 0.3) is 11.6 Å². The van der Waals surface area contributed by atoms with E-state index in [1.165, 1.54) is 0 Å². The highest BCUT2D eigenvalue weighted by atomic mass is 35.5. The van der Waals surface area contributed by atoms with Gasteiger partial charge in [-0.25, -0.2) is 5.10 Å². The van der Waals surface area contributed by atoms with Gasteiger partial charge in [0.15, 0.2) is 5.15 Å². The molecule has 0 aliphatic rings. The molecule has 0 radical (unpaired) electrons. The minimum Gasteiger partial charge on any atom is -0.408 e. The molecule has 2 heterocycles. The van der Waals surface area contributed by atoms with E-state index in [1.807, 2.05) is 0 Å². The minimum atomic E-state index is 0.229. The number of nitrogens with one attached hydrogen (secondary N) is 1. The topological polar surface area (TPSA) is 59.6 Å². The average molecular weight is 217 g/mol. The maximum Gasteiger partial charge on any atom is 0.284 e. The summed E-state index contributed by atoms with van der Waals surface area (Å²) in [5, 5.41) is 10.7. The van der Waals surface area contributed by atoms with Crippen LogP contribution < -0.4 is 0 Å². The number of aryl methyl sites for hydroxylation is 1. The molecule has 5 nitrogen and oxygen atoms in total. The summed E-state index contributed by atoms with van der Waals surface area (Å²) in [5.41, 5.74) is 0.678. The van der Waals surface area contributed by atoms with E-state index in [-0.39, 0.29) is 4.84 Å². The van der Waals surface area contributed by atoms with Gasteiger partial charge in [0.1, 0.15) is 5.69 Å². The average Bonchev–Trinajstić information content (AvgIpc) is 2.58. The van der Waals surface area contributed by atoms with Crippen molar-refractivity contribution in [2.75, 3.05) is 0 Å². The van der Waals surface area contributed by atoms with Gasteiger partial charge < -0.3 is 4.42 Å². The first-order valence-corrected chi connectivity index (χ1v) is 4.21. The smallest absolute Gasteiger partial charge is 0.284 e. The number of hydrogen-bond donors (Lipinski definition) is 1. The molecule has 0 saturated carbocycles. The fraction of sp³-hybridized carbons (Fsp3) is 0.167. The standard InChI is InChI=1S/C6H5ClN4OS/c1-11-3(2-4(7)10-11)5-8-9-6(13)12-5/h2H,1H3,(H,9,13). The summed E-state index contributed by atoms with van der Waals surface area (Å²) in [6.07, 6.45) is 0. The summed E-state index contributed by atoms with van der Waals surface area (Å²) in [7, 11) is 1.74. The number of hydrogen-bond acceptors (Lipinski definition) is 4. The number of halogens is 1. The fourth-order valence-corrected chi connectivity index (χ4v) is 1.31. The van der Waals surface area contributed by atoms with Crippen molar-refractivity contribution < 1.29 is 4.42 Å². The lowest BCUT2D eigenvalue weighted by molar-refractivity contribution is 0.544. The van der Waals surface area contributed by atoms with Crippen LogP contribution in [0.5, 0.6) is 0 Å². The van der Waals surface area contributed by atoms with Crippen LogP contribution in [0.15, 0.2) is 10.5 Å². The van der Waals surface area contributed by atoms with Crippen LogP contribution in [0.3, 0.4) is 0 Å². The van der Waals surface area contributed by atoms with Crippen LogP contribution in [0.1, 0.15) is 0 Å². The zero-order valence-corrected chi connectivity index (χ0v) is 8.19. The van der Waals surface area contributed by atoms with Gasteiger partial charge in [-0.1, -0.05) is 11.6 Å². The van der Waals surface area contributed by atoms with Crippen molar-refractivity contribution in [3.63, 3.8) is 0 Å². The van der Waals surface area contributed by atoms with Gasteiger partial charge in [-0.15, -0.1) is 5.10 Å². The molecular formula is C6H5ClN4OS. The maximum atomic E-state index is 5.68. The van der Waals surface area contributed by atoms with Crippen LogP contribution in [-0.4, -0.2) is 20.0 Å². The fourth-order valence-electron chi connectivity index (χ4n) is 0.972.